The van der Waals surface area contributed by atoms with E-state index in [0.717, 1.165) is 55.7 Å². The number of hydrogen-bond acceptors (Lipinski definition) is 2. The van der Waals surface area contributed by atoms with Crippen LogP contribution >= 0.6 is 0 Å². The first kappa shape index (κ1) is 36.5. The maximum atomic E-state index is 4.51. The molecule has 2 heteroatoms. The quantitative estimate of drug-likeness (QED) is 0.203. The van der Waals surface area contributed by atoms with Crippen LogP contribution in [0.2, 0.25) is 0 Å². The standard InChI is InChI=1S/C44H44N2.2C2H6/c1-32-30-33(2)43-16-10-11-17-44(43)45(31-34(32)3)39-26-22-37(23-27-39)35-18-20-36(21-19-35)38-24-28-42(29-25-38)46(40-12-6-4-7-13-40)41-14-8-5-9-15-41;2*1-2/h4-10,12-16,18-22,24-26,28-29,32,34H,2,11,17,23,27,30-31H2,1,3H3;2*1-2H3. The van der Waals surface area contributed by atoms with E-state index in [-0.39, 0.29) is 0 Å². The van der Waals surface area contributed by atoms with Gasteiger partial charge in [-0.1, -0.05) is 139 Å². The molecule has 2 aliphatic carbocycles. The number of anilines is 3. The van der Waals surface area contributed by atoms with E-state index in [1.54, 1.807) is 0 Å². The third-order valence-corrected chi connectivity index (χ3v) is 10.1. The molecule has 2 nitrogen and oxygen atoms in total. The minimum Gasteiger partial charge on any atom is -0.348 e. The van der Waals surface area contributed by atoms with Crippen LogP contribution < -0.4 is 4.90 Å². The SMILES string of the molecule is C=C1CC(C)C(C)CN(C2=CC=C(c3ccc(-c4ccc(N(c5ccccc5)c5ccccc5)cc4)cc3)CC2)C2=C1C=CCC2.CC.CC. The normalized spacial score (nSPS) is 18.6. The fourth-order valence-corrected chi connectivity index (χ4v) is 7.20. The average Bonchev–Trinajstić information content (AvgIpc) is 3.19. The van der Waals surface area contributed by atoms with Crippen molar-refractivity contribution >= 4 is 22.6 Å². The van der Waals surface area contributed by atoms with Gasteiger partial charge >= 0.3 is 0 Å². The van der Waals surface area contributed by atoms with Crippen LogP contribution in [0.5, 0.6) is 0 Å². The molecule has 0 N–H and O–H groups in total. The monoisotopic (exact) mass is 660 g/mol. The number of rotatable bonds is 6. The molecule has 2 unspecified atom stereocenters. The highest BCUT2D eigenvalue weighted by molar-refractivity contribution is 5.79. The molecule has 0 amide bonds. The molecular weight excluding hydrogens is 605 g/mol. The molecule has 258 valence electrons. The lowest BCUT2D eigenvalue weighted by atomic mass is 9.82. The van der Waals surface area contributed by atoms with Crippen LogP contribution in [-0.4, -0.2) is 11.4 Å². The zero-order chi connectivity index (χ0) is 35.5. The van der Waals surface area contributed by atoms with Gasteiger partial charge in [-0.25, -0.2) is 0 Å². The van der Waals surface area contributed by atoms with Crippen molar-refractivity contribution in [2.24, 2.45) is 11.8 Å². The smallest absolute Gasteiger partial charge is 0.0462 e. The molecule has 0 spiro atoms. The maximum Gasteiger partial charge on any atom is 0.0462 e. The van der Waals surface area contributed by atoms with Gasteiger partial charge in [0.15, 0.2) is 0 Å². The molecule has 1 aliphatic heterocycles. The van der Waals surface area contributed by atoms with Crippen LogP contribution in [0.3, 0.4) is 0 Å². The summed E-state index contributed by atoms with van der Waals surface area (Å²) >= 11 is 0. The van der Waals surface area contributed by atoms with Crippen LogP contribution in [0.1, 0.15) is 79.2 Å². The summed E-state index contributed by atoms with van der Waals surface area (Å²) in [6.07, 6.45) is 14.9. The summed E-state index contributed by atoms with van der Waals surface area (Å²) in [6.45, 7) is 18.4. The summed E-state index contributed by atoms with van der Waals surface area (Å²) in [5.74, 6) is 1.26. The molecular formula is C48H56N2. The summed E-state index contributed by atoms with van der Waals surface area (Å²) in [7, 11) is 0. The third kappa shape index (κ3) is 8.30. The fraction of sp³-hybridized carbons (Fsp3) is 0.292. The zero-order valence-electron chi connectivity index (χ0n) is 31.2. The molecule has 2 atom stereocenters. The van der Waals surface area contributed by atoms with E-state index in [0.29, 0.717) is 11.8 Å². The lowest BCUT2D eigenvalue weighted by molar-refractivity contribution is 0.265. The van der Waals surface area contributed by atoms with Crippen LogP contribution in [-0.2, 0) is 0 Å². The van der Waals surface area contributed by atoms with Crippen molar-refractivity contribution in [3.05, 3.63) is 168 Å². The molecule has 4 aromatic rings. The largest absolute Gasteiger partial charge is 0.348 e. The Hall–Kier alpha value is -4.82. The van der Waals surface area contributed by atoms with E-state index >= 15 is 0 Å². The van der Waals surface area contributed by atoms with Crippen molar-refractivity contribution in [3.8, 4) is 11.1 Å². The van der Waals surface area contributed by atoms with Crippen molar-refractivity contribution in [3.63, 3.8) is 0 Å². The fourth-order valence-electron chi connectivity index (χ4n) is 7.20. The molecule has 0 fully saturated rings. The van der Waals surface area contributed by atoms with Crippen molar-refractivity contribution in [2.45, 2.75) is 73.6 Å². The zero-order valence-corrected chi connectivity index (χ0v) is 31.2. The molecule has 50 heavy (non-hydrogen) atoms. The van der Waals surface area contributed by atoms with Crippen LogP contribution in [0.4, 0.5) is 17.1 Å². The minimum atomic E-state index is 0.629. The molecule has 0 saturated carbocycles. The summed E-state index contributed by atoms with van der Waals surface area (Å²) in [4.78, 5) is 4.96. The Morgan fingerprint density at radius 3 is 1.70 bits per heavy atom. The van der Waals surface area contributed by atoms with Gasteiger partial charge in [0.05, 0.1) is 0 Å². The molecule has 0 saturated heterocycles. The van der Waals surface area contributed by atoms with E-state index in [1.165, 1.54) is 44.8 Å². The first-order valence-electron chi connectivity index (χ1n) is 18.9. The molecule has 3 aliphatic rings. The first-order chi connectivity index (χ1) is 24.5. The average molecular weight is 661 g/mol. The van der Waals surface area contributed by atoms with Crippen LogP contribution in [0, 0.1) is 11.8 Å². The van der Waals surface area contributed by atoms with Gasteiger partial charge in [0.2, 0.25) is 0 Å². The molecule has 0 bridgehead atoms. The summed E-state index contributed by atoms with van der Waals surface area (Å²) in [6, 6.07) is 39.2. The summed E-state index contributed by atoms with van der Waals surface area (Å²) in [5.41, 5.74) is 14.3. The second-order valence-electron chi connectivity index (χ2n) is 13.2. The van der Waals surface area contributed by atoms with Gasteiger partial charge in [-0.15, -0.1) is 0 Å². The molecule has 7 rings (SSSR count). The van der Waals surface area contributed by atoms with Gasteiger partial charge < -0.3 is 9.80 Å². The molecule has 4 aromatic carbocycles. The number of hydrogen-bond donors (Lipinski definition) is 0. The molecule has 1 heterocycles. The first-order valence-corrected chi connectivity index (χ1v) is 18.9. The van der Waals surface area contributed by atoms with Crippen molar-refractivity contribution in [1.29, 1.82) is 0 Å². The van der Waals surface area contributed by atoms with E-state index in [4.69, 9.17) is 0 Å². The number of nitrogens with zero attached hydrogens (tertiary/aromatic N) is 2. The maximum absolute atomic E-state index is 4.51. The summed E-state index contributed by atoms with van der Waals surface area (Å²) in [5, 5.41) is 0. The number of para-hydroxylation sites is 2. The topological polar surface area (TPSA) is 6.48 Å². The molecule has 0 radical (unpaired) electrons. The van der Waals surface area contributed by atoms with Crippen LogP contribution in [0.15, 0.2) is 163 Å². The second kappa shape index (κ2) is 17.7. The van der Waals surface area contributed by atoms with Crippen molar-refractivity contribution in [2.75, 3.05) is 11.4 Å². The highest BCUT2D eigenvalue weighted by Gasteiger charge is 2.28. The Morgan fingerprint density at radius 1 is 0.600 bits per heavy atom. The Morgan fingerprint density at radius 2 is 1.14 bits per heavy atom. The van der Waals surface area contributed by atoms with Gasteiger partial charge in [0.25, 0.3) is 0 Å². The van der Waals surface area contributed by atoms with E-state index in [2.05, 4.69) is 164 Å². The Bertz CT molecular complexity index is 1770. The van der Waals surface area contributed by atoms with Gasteiger partial charge in [-0.3, -0.25) is 0 Å². The highest BCUT2D eigenvalue weighted by atomic mass is 15.2. The van der Waals surface area contributed by atoms with Crippen molar-refractivity contribution in [1.82, 2.24) is 4.90 Å². The Kier molecular flexibility index (Phi) is 12.9. The van der Waals surface area contributed by atoms with E-state index < -0.39 is 0 Å². The Labute approximate surface area is 302 Å². The predicted molar refractivity (Wildman–Crippen MR) is 219 cm³/mol. The van der Waals surface area contributed by atoms with E-state index in [1.807, 2.05) is 27.7 Å². The van der Waals surface area contributed by atoms with Gasteiger partial charge in [0, 0.05) is 35.0 Å². The van der Waals surface area contributed by atoms with Gasteiger partial charge in [0.1, 0.15) is 0 Å². The van der Waals surface area contributed by atoms with E-state index in [9.17, 15) is 0 Å². The predicted octanol–water partition coefficient (Wildman–Crippen LogP) is 14.1. The van der Waals surface area contributed by atoms with Gasteiger partial charge in [-0.2, -0.15) is 0 Å². The van der Waals surface area contributed by atoms with Gasteiger partial charge in [-0.05, 0) is 120 Å². The van der Waals surface area contributed by atoms with Crippen molar-refractivity contribution < 1.29 is 0 Å². The molecule has 0 aromatic heterocycles. The summed E-state index contributed by atoms with van der Waals surface area (Å²) < 4.78 is 0. The Balaban J connectivity index is 0.00000117. The number of benzene rings is 4. The lowest BCUT2D eigenvalue weighted by Gasteiger charge is -2.40. The highest BCUT2D eigenvalue weighted by Crippen LogP contribution is 2.40. The third-order valence-electron chi connectivity index (χ3n) is 10.1. The lowest BCUT2D eigenvalue weighted by Crippen LogP contribution is -2.34. The number of allylic oxidation sites excluding steroid dienone is 9. The van der Waals surface area contributed by atoms with Crippen LogP contribution in [0.25, 0.3) is 16.7 Å². The second-order valence-corrected chi connectivity index (χ2v) is 13.2. The minimum absolute atomic E-state index is 0.629.